The molecular weight excluding hydrogens is 310 g/mol. The normalized spacial score (nSPS) is 34.4. The van der Waals surface area contributed by atoms with E-state index in [4.69, 9.17) is 4.42 Å². The van der Waals surface area contributed by atoms with Gasteiger partial charge < -0.3 is 9.73 Å². The molecule has 4 aliphatic carbocycles. The van der Waals surface area contributed by atoms with Crippen LogP contribution in [0.5, 0.6) is 0 Å². The second-order valence-electron chi connectivity index (χ2n) is 9.03. The summed E-state index contributed by atoms with van der Waals surface area (Å²) in [6.07, 6.45) is 8.27. The zero-order valence-corrected chi connectivity index (χ0v) is 15.0. The molecule has 0 aliphatic heterocycles. The third kappa shape index (κ3) is 2.68. The second-order valence-corrected chi connectivity index (χ2v) is 9.03. The van der Waals surface area contributed by atoms with Crippen molar-refractivity contribution < 1.29 is 9.21 Å². The minimum Gasteiger partial charge on any atom is -0.461 e. The highest BCUT2D eigenvalue weighted by atomic mass is 16.3. The van der Waals surface area contributed by atoms with E-state index < -0.39 is 0 Å². The molecular formula is C22H27NO2. The maximum atomic E-state index is 13.1. The smallest absolute Gasteiger partial charge is 0.226 e. The molecule has 0 saturated heterocycles. The zero-order valence-electron chi connectivity index (χ0n) is 15.0. The number of hydrogen-bond acceptors (Lipinski definition) is 2. The van der Waals surface area contributed by atoms with E-state index in [1.807, 2.05) is 18.2 Å². The molecule has 1 heterocycles. The Morgan fingerprint density at radius 3 is 2.44 bits per heavy atom. The largest absolute Gasteiger partial charge is 0.461 e. The summed E-state index contributed by atoms with van der Waals surface area (Å²) in [4.78, 5) is 13.1. The topological polar surface area (TPSA) is 42.2 Å². The molecule has 0 unspecified atom stereocenters. The Kier molecular flexibility index (Phi) is 3.48. The van der Waals surface area contributed by atoms with Crippen molar-refractivity contribution in [3.63, 3.8) is 0 Å². The number of carbonyl (C=O) groups is 1. The van der Waals surface area contributed by atoms with Crippen molar-refractivity contribution in [1.82, 2.24) is 5.32 Å². The predicted molar refractivity (Wildman–Crippen MR) is 98.1 cm³/mol. The number of amides is 1. The molecule has 0 radical (unpaired) electrons. The molecule has 0 spiro atoms. The molecule has 4 bridgehead atoms. The van der Waals surface area contributed by atoms with Crippen molar-refractivity contribution in [3.05, 3.63) is 36.1 Å². The molecule has 4 fully saturated rings. The van der Waals surface area contributed by atoms with Crippen LogP contribution in [0.2, 0.25) is 0 Å². The molecule has 4 saturated carbocycles. The fourth-order valence-electron chi connectivity index (χ4n) is 6.26. The Morgan fingerprint density at radius 1 is 1.16 bits per heavy atom. The summed E-state index contributed by atoms with van der Waals surface area (Å²) in [5.41, 5.74) is 0.869. The Balaban J connectivity index is 1.27. The molecule has 1 atom stereocenters. The molecule has 4 aliphatic rings. The molecule has 132 valence electrons. The summed E-state index contributed by atoms with van der Waals surface area (Å²) in [6.45, 7) is 2.10. The zero-order chi connectivity index (χ0) is 17.0. The van der Waals surface area contributed by atoms with Crippen molar-refractivity contribution in [2.45, 2.75) is 57.9 Å². The maximum Gasteiger partial charge on any atom is 0.226 e. The molecule has 3 heteroatoms. The van der Waals surface area contributed by atoms with Crippen molar-refractivity contribution in [2.24, 2.45) is 23.2 Å². The van der Waals surface area contributed by atoms with Crippen LogP contribution in [0.25, 0.3) is 11.0 Å². The fourth-order valence-corrected chi connectivity index (χ4v) is 6.26. The van der Waals surface area contributed by atoms with E-state index in [2.05, 4.69) is 24.4 Å². The summed E-state index contributed by atoms with van der Waals surface area (Å²) in [7, 11) is 0. The summed E-state index contributed by atoms with van der Waals surface area (Å²) < 4.78 is 5.92. The van der Waals surface area contributed by atoms with E-state index in [0.717, 1.165) is 60.2 Å². The minimum atomic E-state index is -0.0586. The van der Waals surface area contributed by atoms with Gasteiger partial charge in [0, 0.05) is 23.3 Å². The summed E-state index contributed by atoms with van der Waals surface area (Å²) >= 11 is 0. The van der Waals surface area contributed by atoms with Gasteiger partial charge in [-0.2, -0.15) is 0 Å². The first-order valence-electron chi connectivity index (χ1n) is 9.88. The number of benzene rings is 1. The highest BCUT2D eigenvalue weighted by Gasteiger charge is 2.54. The Morgan fingerprint density at radius 2 is 1.80 bits per heavy atom. The van der Waals surface area contributed by atoms with Gasteiger partial charge in [0.05, 0.1) is 0 Å². The molecule has 1 aromatic carbocycles. The molecule has 2 aromatic rings. The molecule has 1 N–H and O–H groups in total. The van der Waals surface area contributed by atoms with Crippen LogP contribution < -0.4 is 5.32 Å². The van der Waals surface area contributed by atoms with Gasteiger partial charge in [-0.3, -0.25) is 4.79 Å². The van der Waals surface area contributed by atoms with Gasteiger partial charge >= 0.3 is 0 Å². The van der Waals surface area contributed by atoms with Crippen LogP contribution in [0, 0.1) is 23.2 Å². The van der Waals surface area contributed by atoms with Gasteiger partial charge in [0.25, 0.3) is 0 Å². The van der Waals surface area contributed by atoms with E-state index in [-0.39, 0.29) is 11.5 Å². The summed E-state index contributed by atoms with van der Waals surface area (Å²) in [6, 6.07) is 10.3. The van der Waals surface area contributed by atoms with Crippen LogP contribution in [0.1, 0.15) is 51.2 Å². The van der Waals surface area contributed by atoms with Crippen molar-refractivity contribution >= 4 is 16.9 Å². The van der Waals surface area contributed by atoms with Gasteiger partial charge in [0.1, 0.15) is 11.3 Å². The van der Waals surface area contributed by atoms with Crippen LogP contribution in [0.3, 0.4) is 0 Å². The number of furan rings is 1. The Hall–Kier alpha value is -1.77. The van der Waals surface area contributed by atoms with Crippen LogP contribution in [-0.4, -0.2) is 11.9 Å². The average Bonchev–Trinajstić information content (AvgIpc) is 2.95. The van der Waals surface area contributed by atoms with E-state index >= 15 is 0 Å². The first kappa shape index (κ1) is 15.5. The Bertz CT molecular complexity index is 737. The van der Waals surface area contributed by atoms with Gasteiger partial charge in [-0.15, -0.1) is 0 Å². The van der Waals surface area contributed by atoms with Crippen LogP contribution >= 0.6 is 0 Å². The third-order valence-corrected chi connectivity index (χ3v) is 6.88. The first-order valence-corrected chi connectivity index (χ1v) is 9.88. The van der Waals surface area contributed by atoms with Gasteiger partial charge in [-0.05, 0) is 75.3 Å². The number of nitrogens with one attached hydrogen (secondary N) is 1. The number of carbonyl (C=O) groups excluding carboxylic acids is 1. The Labute approximate surface area is 149 Å². The lowest BCUT2D eigenvalue weighted by atomic mass is 9.49. The van der Waals surface area contributed by atoms with E-state index in [0.29, 0.717) is 5.91 Å². The van der Waals surface area contributed by atoms with E-state index in [1.165, 1.54) is 19.3 Å². The molecule has 3 nitrogen and oxygen atoms in total. The molecule has 25 heavy (non-hydrogen) atoms. The fraction of sp³-hybridized carbons (Fsp3) is 0.591. The number of rotatable bonds is 4. The van der Waals surface area contributed by atoms with Gasteiger partial charge in [-0.1, -0.05) is 18.2 Å². The summed E-state index contributed by atoms with van der Waals surface area (Å²) in [5.74, 6) is 3.70. The third-order valence-electron chi connectivity index (χ3n) is 6.88. The predicted octanol–water partition coefficient (Wildman–Crippen LogP) is 4.70. The van der Waals surface area contributed by atoms with E-state index in [1.54, 1.807) is 0 Å². The van der Waals surface area contributed by atoms with Crippen molar-refractivity contribution in [1.29, 1.82) is 0 Å². The maximum absolute atomic E-state index is 13.1. The average molecular weight is 337 g/mol. The van der Waals surface area contributed by atoms with Crippen LogP contribution in [0.15, 0.2) is 34.7 Å². The van der Waals surface area contributed by atoms with Gasteiger partial charge in [0.2, 0.25) is 5.91 Å². The minimum absolute atomic E-state index is 0.0586. The summed E-state index contributed by atoms with van der Waals surface area (Å²) in [5, 5.41) is 4.47. The standard InChI is InChI=1S/C22H27NO2/c1-14(6-19-10-18-4-2-3-5-20(18)25-19)23-21(24)22-11-15-7-16(12-22)9-17(8-15)13-22/h2-5,10,14-17H,6-9,11-13H2,1H3,(H,23,24)/t14-,15?,16?,17?,22?/m0/s1. The molecule has 1 amide bonds. The molecule has 1 aromatic heterocycles. The number of para-hydroxylation sites is 1. The highest BCUT2D eigenvalue weighted by molar-refractivity contribution is 5.83. The van der Waals surface area contributed by atoms with Crippen molar-refractivity contribution in [3.8, 4) is 0 Å². The molecule has 6 rings (SSSR count). The van der Waals surface area contributed by atoms with Crippen LogP contribution in [0.4, 0.5) is 0 Å². The lowest BCUT2D eigenvalue weighted by Crippen LogP contribution is -2.55. The van der Waals surface area contributed by atoms with Crippen molar-refractivity contribution in [2.75, 3.05) is 0 Å². The monoisotopic (exact) mass is 337 g/mol. The highest BCUT2D eigenvalue weighted by Crippen LogP contribution is 2.60. The number of hydrogen-bond donors (Lipinski definition) is 1. The lowest BCUT2D eigenvalue weighted by molar-refractivity contribution is -0.146. The van der Waals surface area contributed by atoms with Gasteiger partial charge in [0.15, 0.2) is 0 Å². The van der Waals surface area contributed by atoms with Crippen LogP contribution in [-0.2, 0) is 11.2 Å². The SMILES string of the molecule is C[C@@H](Cc1cc2ccccc2o1)NC(=O)C12CC3CC(CC(C3)C1)C2. The van der Waals surface area contributed by atoms with Gasteiger partial charge in [-0.25, -0.2) is 0 Å². The number of fused-ring (bicyclic) bond motifs is 1. The van der Waals surface area contributed by atoms with E-state index in [9.17, 15) is 4.79 Å². The first-order chi connectivity index (χ1) is 12.1. The second kappa shape index (κ2) is 5.62. The quantitative estimate of drug-likeness (QED) is 0.879. The lowest BCUT2D eigenvalue weighted by Gasteiger charge is -2.55.